The summed E-state index contributed by atoms with van der Waals surface area (Å²) in [6.45, 7) is 10.4. The Bertz CT molecular complexity index is 825. The van der Waals surface area contributed by atoms with Gasteiger partial charge in [0.1, 0.15) is 0 Å². The van der Waals surface area contributed by atoms with Crippen molar-refractivity contribution >= 4 is 5.78 Å². The van der Waals surface area contributed by atoms with Crippen molar-refractivity contribution in [2.24, 2.45) is 0 Å². The zero-order valence-electron chi connectivity index (χ0n) is 18.7. The number of ether oxygens (including phenoxy) is 2. The van der Waals surface area contributed by atoms with E-state index in [2.05, 4.69) is 47.9 Å². The van der Waals surface area contributed by atoms with Crippen LogP contribution in [0.15, 0.2) is 54.6 Å². The Morgan fingerprint density at radius 2 is 1.26 bits per heavy atom. The highest BCUT2D eigenvalue weighted by Gasteiger charge is 2.39. The normalized spacial score (nSPS) is 20.5. The molecule has 2 heterocycles. The maximum absolute atomic E-state index is 13.9. The maximum Gasteiger partial charge on any atom is 0.181 e. The Balaban J connectivity index is 1.75. The number of carbonyl (C=O) groups excluding carboxylic acids is 1. The summed E-state index contributed by atoms with van der Waals surface area (Å²) < 4.78 is 11.3. The van der Waals surface area contributed by atoms with Crippen LogP contribution >= 0.6 is 0 Å². The van der Waals surface area contributed by atoms with Gasteiger partial charge in [-0.05, 0) is 17.0 Å². The molecule has 0 amide bonds. The Labute approximate surface area is 185 Å². The van der Waals surface area contributed by atoms with Crippen LogP contribution in [0.25, 0.3) is 0 Å². The fourth-order valence-corrected chi connectivity index (χ4v) is 4.66. The molecule has 0 saturated carbocycles. The lowest BCUT2D eigenvalue weighted by Gasteiger charge is -2.44. The molecule has 0 unspecified atom stereocenters. The number of carbonyl (C=O) groups is 1. The molecule has 0 aromatic heterocycles. The predicted octanol–water partition coefficient (Wildman–Crippen LogP) is 3.77. The highest BCUT2D eigenvalue weighted by Crippen LogP contribution is 2.32. The van der Waals surface area contributed by atoms with Crippen LogP contribution in [0, 0.1) is 0 Å². The number of nitrogens with zero attached hydrogens (tertiary/aromatic N) is 2. The van der Waals surface area contributed by atoms with Crippen molar-refractivity contribution in [1.82, 2.24) is 9.80 Å². The molecule has 2 aliphatic heterocycles. The third-order valence-electron chi connectivity index (χ3n) is 6.45. The number of ketones is 1. The molecule has 2 saturated heterocycles. The number of benzene rings is 2. The van der Waals surface area contributed by atoms with Gasteiger partial charge in [0.15, 0.2) is 5.78 Å². The third-order valence-corrected chi connectivity index (χ3v) is 6.45. The molecule has 2 aromatic rings. The summed E-state index contributed by atoms with van der Waals surface area (Å²) >= 11 is 0. The zero-order chi connectivity index (χ0) is 21.6. The predicted molar refractivity (Wildman–Crippen MR) is 123 cm³/mol. The SMILES string of the molecule is CC(C)c1ccc([C@@H]([C@@H](C(=O)c2ccccc2)N2CCOCC2)N2CCOCC2)cc1. The van der Waals surface area contributed by atoms with E-state index in [1.807, 2.05) is 30.3 Å². The molecule has 166 valence electrons. The van der Waals surface area contributed by atoms with Crippen molar-refractivity contribution in [1.29, 1.82) is 0 Å². The molecule has 2 fully saturated rings. The van der Waals surface area contributed by atoms with Crippen LogP contribution in [-0.2, 0) is 9.47 Å². The van der Waals surface area contributed by atoms with Gasteiger partial charge < -0.3 is 9.47 Å². The topological polar surface area (TPSA) is 42.0 Å². The van der Waals surface area contributed by atoms with Gasteiger partial charge in [-0.3, -0.25) is 14.6 Å². The summed E-state index contributed by atoms with van der Waals surface area (Å²) in [5.41, 5.74) is 3.30. The van der Waals surface area contributed by atoms with Gasteiger partial charge in [-0.25, -0.2) is 0 Å². The van der Waals surface area contributed by atoms with Crippen LogP contribution in [0.3, 0.4) is 0 Å². The van der Waals surface area contributed by atoms with Crippen LogP contribution in [-0.4, -0.2) is 74.2 Å². The van der Waals surface area contributed by atoms with Crippen molar-refractivity contribution in [2.75, 3.05) is 52.6 Å². The van der Waals surface area contributed by atoms with Crippen molar-refractivity contribution in [2.45, 2.75) is 31.8 Å². The summed E-state index contributed by atoms with van der Waals surface area (Å²) in [6, 6.07) is 18.4. The molecule has 0 aliphatic carbocycles. The van der Waals surface area contributed by atoms with Gasteiger partial charge in [-0.15, -0.1) is 0 Å². The molecule has 31 heavy (non-hydrogen) atoms. The first kappa shape index (κ1) is 22.2. The van der Waals surface area contributed by atoms with Gasteiger partial charge in [0.2, 0.25) is 0 Å². The minimum Gasteiger partial charge on any atom is -0.379 e. The van der Waals surface area contributed by atoms with Crippen LogP contribution in [0.5, 0.6) is 0 Å². The Hall–Kier alpha value is -2.05. The molecule has 2 aromatic carbocycles. The fourth-order valence-electron chi connectivity index (χ4n) is 4.66. The van der Waals surface area contributed by atoms with E-state index in [0.717, 1.165) is 31.7 Å². The average molecular weight is 423 g/mol. The monoisotopic (exact) mass is 422 g/mol. The molecule has 4 rings (SSSR count). The molecule has 0 bridgehead atoms. The summed E-state index contributed by atoms with van der Waals surface area (Å²) in [5, 5.41) is 0. The number of hydrogen-bond donors (Lipinski definition) is 0. The van der Waals surface area contributed by atoms with Gasteiger partial charge in [0.25, 0.3) is 0 Å². The first-order valence-corrected chi connectivity index (χ1v) is 11.5. The second-order valence-corrected chi connectivity index (χ2v) is 8.74. The van der Waals surface area contributed by atoms with Crippen LogP contribution in [0.2, 0.25) is 0 Å². The van der Waals surface area contributed by atoms with E-state index in [4.69, 9.17) is 9.47 Å². The smallest absolute Gasteiger partial charge is 0.181 e. The highest BCUT2D eigenvalue weighted by atomic mass is 16.5. The quantitative estimate of drug-likeness (QED) is 0.636. The lowest BCUT2D eigenvalue weighted by Crippen LogP contribution is -2.55. The number of morpholine rings is 2. The summed E-state index contributed by atoms with van der Waals surface area (Å²) in [7, 11) is 0. The second-order valence-electron chi connectivity index (χ2n) is 8.74. The number of rotatable bonds is 7. The third kappa shape index (κ3) is 5.24. The van der Waals surface area contributed by atoms with E-state index in [9.17, 15) is 4.79 Å². The molecule has 0 radical (unpaired) electrons. The van der Waals surface area contributed by atoms with Crippen molar-refractivity contribution in [3.05, 3.63) is 71.3 Å². The summed E-state index contributed by atoms with van der Waals surface area (Å²) in [4.78, 5) is 18.7. The molecular weight excluding hydrogens is 388 g/mol. The van der Waals surface area contributed by atoms with E-state index >= 15 is 0 Å². The largest absolute Gasteiger partial charge is 0.379 e. The first-order valence-electron chi connectivity index (χ1n) is 11.5. The van der Waals surface area contributed by atoms with E-state index in [1.165, 1.54) is 11.1 Å². The lowest BCUT2D eigenvalue weighted by molar-refractivity contribution is -0.0301. The standard InChI is InChI=1S/C26H34N2O3/c1-20(2)21-8-10-22(11-9-21)24(27-12-16-30-17-13-27)25(28-14-18-31-19-15-28)26(29)23-6-4-3-5-7-23/h3-11,20,24-25H,12-19H2,1-2H3/t24-,25-/m0/s1. The first-order chi connectivity index (χ1) is 15.1. The van der Waals surface area contributed by atoms with Gasteiger partial charge in [-0.1, -0.05) is 68.4 Å². The minimum atomic E-state index is -0.255. The summed E-state index contributed by atoms with van der Waals surface area (Å²) in [6.07, 6.45) is 0. The molecule has 5 nitrogen and oxygen atoms in total. The summed E-state index contributed by atoms with van der Waals surface area (Å²) in [5.74, 6) is 0.670. The number of hydrogen-bond acceptors (Lipinski definition) is 5. The van der Waals surface area contributed by atoms with E-state index in [1.54, 1.807) is 0 Å². The van der Waals surface area contributed by atoms with Crippen LogP contribution in [0.1, 0.15) is 47.3 Å². The minimum absolute atomic E-state index is 0.0177. The van der Waals surface area contributed by atoms with Crippen LogP contribution < -0.4 is 0 Å². The molecule has 2 atom stereocenters. The fraction of sp³-hybridized carbons (Fsp3) is 0.500. The Morgan fingerprint density at radius 3 is 1.81 bits per heavy atom. The van der Waals surface area contributed by atoms with Crippen LogP contribution in [0.4, 0.5) is 0 Å². The lowest BCUT2D eigenvalue weighted by atomic mass is 9.88. The Kier molecular flexibility index (Phi) is 7.51. The van der Waals surface area contributed by atoms with Gasteiger partial charge in [0.05, 0.1) is 38.5 Å². The highest BCUT2D eigenvalue weighted by molar-refractivity contribution is 6.00. The van der Waals surface area contributed by atoms with Gasteiger partial charge in [-0.2, -0.15) is 0 Å². The second kappa shape index (κ2) is 10.5. The number of Topliss-reactive ketones (excluding diaryl/α,β-unsaturated/α-hetero) is 1. The van der Waals surface area contributed by atoms with E-state index in [-0.39, 0.29) is 17.9 Å². The van der Waals surface area contributed by atoms with Gasteiger partial charge >= 0.3 is 0 Å². The Morgan fingerprint density at radius 1 is 0.742 bits per heavy atom. The van der Waals surface area contributed by atoms with Crippen molar-refractivity contribution in [3.63, 3.8) is 0 Å². The van der Waals surface area contributed by atoms with Crippen molar-refractivity contribution < 1.29 is 14.3 Å². The maximum atomic E-state index is 13.9. The molecule has 5 heteroatoms. The van der Waals surface area contributed by atoms with E-state index in [0.29, 0.717) is 32.3 Å². The zero-order valence-corrected chi connectivity index (χ0v) is 18.7. The molecule has 0 N–H and O–H groups in total. The molecular formula is C26H34N2O3. The average Bonchev–Trinajstić information content (AvgIpc) is 2.84. The van der Waals surface area contributed by atoms with E-state index < -0.39 is 0 Å². The molecule has 0 spiro atoms. The molecule has 2 aliphatic rings. The van der Waals surface area contributed by atoms with Crippen molar-refractivity contribution in [3.8, 4) is 0 Å². The van der Waals surface area contributed by atoms with Gasteiger partial charge in [0, 0.05) is 31.7 Å².